The van der Waals surface area contributed by atoms with E-state index in [1.807, 2.05) is 55.4 Å². The Hall–Kier alpha value is 0.408. The summed E-state index contributed by atoms with van der Waals surface area (Å²) in [5.74, 6) is 0. The summed E-state index contributed by atoms with van der Waals surface area (Å²) >= 11 is 0. The first-order valence-electron chi connectivity index (χ1n) is 12.4. The summed E-state index contributed by atoms with van der Waals surface area (Å²) in [5, 5.41) is 22.1. The second-order valence-electron chi connectivity index (χ2n) is 5.34. The minimum Gasteiger partial charge on any atom is -0.663 e. The Labute approximate surface area is 219 Å². The number of nitrogens with one attached hydrogen (secondary N) is 2. The SMILES string of the molecule is CCNCC.CCNCC.CC[N-]CC.CC[N-]CC.CC[N-]CC.CC[N-]CC.O.[Mo+4]. The molecule has 0 amide bonds. The first-order valence-corrected chi connectivity index (χ1v) is 12.4. The molecule has 0 aromatic rings. The Morgan fingerprint density at radius 1 is 0.344 bits per heavy atom. The number of hydrogen-bond acceptors (Lipinski definition) is 2. The van der Waals surface area contributed by atoms with E-state index in [0.29, 0.717) is 0 Å². The van der Waals surface area contributed by atoms with Crippen molar-refractivity contribution in [3.05, 3.63) is 21.3 Å². The monoisotopic (exact) mass is 550 g/mol. The molecule has 0 aliphatic carbocycles. The van der Waals surface area contributed by atoms with E-state index in [0.717, 1.165) is 78.5 Å². The van der Waals surface area contributed by atoms with Crippen molar-refractivity contribution in [2.75, 3.05) is 78.5 Å². The third kappa shape index (κ3) is 171. The Morgan fingerprint density at radius 3 is 0.469 bits per heavy atom. The zero-order chi connectivity index (χ0) is 24.7. The van der Waals surface area contributed by atoms with Crippen LogP contribution in [-0.2, 0) is 21.1 Å². The maximum Gasteiger partial charge on any atom is 4.00 e. The van der Waals surface area contributed by atoms with Gasteiger partial charge in [0.15, 0.2) is 0 Å². The molecular formula is C24H64MoN6O. The summed E-state index contributed by atoms with van der Waals surface area (Å²) in [7, 11) is 0. The van der Waals surface area contributed by atoms with Gasteiger partial charge in [0.2, 0.25) is 0 Å². The van der Waals surface area contributed by atoms with Crippen molar-refractivity contribution >= 4 is 0 Å². The van der Waals surface area contributed by atoms with Crippen LogP contribution < -0.4 is 10.6 Å². The van der Waals surface area contributed by atoms with E-state index in [4.69, 9.17) is 0 Å². The van der Waals surface area contributed by atoms with Crippen LogP contribution in [0.25, 0.3) is 21.3 Å². The smallest absolute Gasteiger partial charge is 0.663 e. The maximum atomic E-state index is 3.97. The molecule has 0 saturated heterocycles. The van der Waals surface area contributed by atoms with Gasteiger partial charge in [-0.3, -0.25) is 0 Å². The van der Waals surface area contributed by atoms with Gasteiger partial charge in [-0.2, -0.15) is 52.4 Å². The van der Waals surface area contributed by atoms with Crippen LogP contribution >= 0.6 is 0 Å². The standard InChI is InChI=1S/2C4H11N.4C4H10N.Mo.H2O/c6*1-3-5-4-2;;/h2*5H,3-4H2,1-2H3;4*3-4H2,1-2H3;;1H2/q;;4*-1;+4;. The molecular weight excluding hydrogens is 484 g/mol. The molecule has 7 nitrogen and oxygen atoms in total. The second kappa shape index (κ2) is 85.7. The summed E-state index contributed by atoms with van der Waals surface area (Å²) in [6.45, 7) is 36.9. The molecule has 0 aromatic carbocycles. The van der Waals surface area contributed by atoms with Crippen LogP contribution in [0.4, 0.5) is 0 Å². The number of nitrogens with zero attached hydrogens (tertiary/aromatic N) is 4. The van der Waals surface area contributed by atoms with E-state index in [9.17, 15) is 0 Å². The van der Waals surface area contributed by atoms with Gasteiger partial charge >= 0.3 is 21.1 Å². The summed E-state index contributed by atoms with van der Waals surface area (Å²) < 4.78 is 0. The van der Waals surface area contributed by atoms with Crippen LogP contribution in [0, 0.1) is 0 Å². The van der Waals surface area contributed by atoms with Gasteiger partial charge in [0.25, 0.3) is 0 Å². The normalized spacial score (nSPS) is 7.88. The van der Waals surface area contributed by atoms with E-state index in [1.165, 1.54) is 0 Å². The van der Waals surface area contributed by atoms with E-state index >= 15 is 0 Å². The van der Waals surface area contributed by atoms with Crippen LogP contribution in [-0.4, -0.2) is 84.0 Å². The average Bonchev–Trinajstić information content (AvgIpc) is 2.74. The Kier molecular flexibility index (Phi) is 144. The van der Waals surface area contributed by atoms with E-state index in [1.54, 1.807) is 0 Å². The third-order valence-electron chi connectivity index (χ3n) is 2.79. The average molecular weight is 549 g/mol. The Bertz CT molecular complexity index is 126. The molecule has 0 heterocycles. The van der Waals surface area contributed by atoms with E-state index in [2.05, 4.69) is 59.6 Å². The molecule has 0 saturated carbocycles. The van der Waals surface area contributed by atoms with E-state index < -0.39 is 0 Å². The van der Waals surface area contributed by atoms with Crippen LogP contribution in [0.1, 0.15) is 83.1 Å². The molecule has 202 valence electrons. The molecule has 0 bridgehead atoms. The quantitative estimate of drug-likeness (QED) is 0.291. The minimum absolute atomic E-state index is 0. The second-order valence-corrected chi connectivity index (χ2v) is 5.34. The fourth-order valence-electron chi connectivity index (χ4n) is 1.39. The maximum absolute atomic E-state index is 3.97. The van der Waals surface area contributed by atoms with Gasteiger partial charge in [-0.1, -0.05) is 83.1 Å². The molecule has 0 rings (SSSR count). The predicted octanol–water partition coefficient (Wildman–Crippen LogP) is 6.00. The van der Waals surface area contributed by atoms with Gasteiger partial charge in [-0.05, 0) is 26.2 Å². The van der Waals surface area contributed by atoms with Crippen LogP contribution in [0.3, 0.4) is 0 Å². The first kappa shape index (κ1) is 53.7. The molecule has 32 heavy (non-hydrogen) atoms. The molecule has 0 radical (unpaired) electrons. The summed E-state index contributed by atoms with van der Waals surface area (Å²) in [5.41, 5.74) is 0. The summed E-state index contributed by atoms with van der Waals surface area (Å²) in [6, 6.07) is 0. The summed E-state index contributed by atoms with van der Waals surface area (Å²) in [6.07, 6.45) is 0. The Morgan fingerprint density at radius 2 is 0.469 bits per heavy atom. The molecule has 0 fully saturated rings. The summed E-state index contributed by atoms with van der Waals surface area (Å²) in [4.78, 5) is 0. The molecule has 0 unspecified atom stereocenters. The largest absolute Gasteiger partial charge is 4.00 e. The van der Waals surface area contributed by atoms with Gasteiger partial charge in [0, 0.05) is 0 Å². The fourth-order valence-corrected chi connectivity index (χ4v) is 1.39. The van der Waals surface area contributed by atoms with Gasteiger partial charge in [-0.15, -0.1) is 0 Å². The fraction of sp³-hybridized carbons (Fsp3) is 1.00. The molecule has 0 aromatic heterocycles. The third-order valence-corrected chi connectivity index (χ3v) is 2.79. The number of hydrogen-bond donors (Lipinski definition) is 2. The van der Waals surface area contributed by atoms with Gasteiger partial charge in [0.05, 0.1) is 0 Å². The number of rotatable bonds is 12. The molecule has 4 N–H and O–H groups in total. The first-order chi connectivity index (χ1) is 14.5. The topological polar surface area (TPSA) is 112 Å². The van der Waals surface area contributed by atoms with Crippen LogP contribution in [0.2, 0.25) is 0 Å². The molecule has 0 aliphatic heterocycles. The Balaban J connectivity index is -0.0000000356. The van der Waals surface area contributed by atoms with Crippen molar-refractivity contribution < 1.29 is 26.5 Å². The van der Waals surface area contributed by atoms with Crippen molar-refractivity contribution in [3.63, 3.8) is 0 Å². The zero-order valence-corrected chi connectivity index (χ0v) is 26.2. The molecule has 0 aliphatic rings. The molecule has 0 atom stereocenters. The van der Waals surface area contributed by atoms with Crippen molar-refractivity contribution in [2.45, 2.75) is 83.1 Å². The minimum atomic E-state index is 0. The van der Waals surface area contributed by atoms with E-state index in [-0.39, 0.29) is 26.5 Å². The van der Waals surface area contributed by atoms with Crippen molar-refractivity contribution in [3.8, 4) is 0 Å². The molecule has 8 heteroatoms. The zero-order valence-electron chi connectivity index (χ0n) is 24.2. The van der Waals surface area contributed by atoms with Gasteiger partial charge < -0.3 is 37.4 Å². The van der Waals surface area contributed by atoms with Gasteiger partial charge in [-0.25, -0.2) is 0 Å². The van der Waals surface area contributed by atoms with Crippen molar-refractivity contribution in [1.82, 2.24) is 10.6 Å². The van der Waals surface area contributed by atoms with Crippen LogP contribution in [0.15, 0.2) is 0 Å². The van der Waals surface area contributed by atoms with Crippen molar-refractivity contribution in [2.24, 2.45) is 0 Å². The molecule has 0 spiro atoms. The van der Waals surface area contributed by atoms with Crippen molar-refractivity contribution in [1.29, 1.82) is 0 Å². The predicted molar refractivity (Wildman–Crippen MR) is 150 cm³/mol. The van der Waals surface area contributed by atoms with Crippen LogP contribution in [0.5, 0.6) is 0 Å². The van der Waals surface area contributed by atoms with Gasteiger partial charge in [0.1, 0.15) is 0 Å².